The van der Waals surface area contributed by atoms with Gasteiger partial charge in [-0.05, 0) is 35.8 Å². The largest absolute Gasteiger partial charge is 0.135 e. The van der Waals surface area contributed by atoms with Gasteiger partial charge < -0.3 is 0 Å². The number of benzene rings is 2. The van der Waals surface area contributed by atoms with Gasteiger partial charge >= 0.3 is 0 Å². The van der Waals surface area contributed by atoms with Gasteiger partial charge in [-0.15, -0.1) is 11.3 Å². The summed E-state index contributed by atoms with van der Waals surface area (Å²) in [5.41, 5.74) is 2.78. The van der Waals surface area contributed by atoms with Gasteiger partial charge in [0.05, 0.1) is 0 Å². The van der Waals surface area contributed by atoms with E-state index >= 15 is 0 Å². The van der Waals surface area contributed by atoms with E-state index in [-0.39, 0.29) is 0 Å². The van der Waals surface area contributed by atoms with Gasteiger partial charge in [0.25, 0.3) is 0 Å². The van der Waals surface area contributed by atoms with E-state index in [4.69, 9.17) is 0 Å². The van der Waals surface area contributed by atoms with E-state index in [2.05, 4.69) is 60.7 Å². The molecule has 0 saturated carbocycles. The van der Waals surface area contributed by atoms with Crippen LogP contribution in [0, 0.1) is 0 Å². The number of hydrogen-bond acceptors (Lipinski definition) is 1. The second-order valence-corrected chi connectivity index (χ2v) is 5.72. The Morgan fingerprint density at radius 1 is 0.889 bits per heavy atom. The number of rotatable bonds is 1. The smallest absolute Gasteiger partial charge is 0.0355 e. The average Bonchev–Trinajstić information content (AvgIpc) is 3.05. The minimum atomic E-state index is 1.06. The fourth-order valence-electron chi connectivity index (χ4n) is 2.59. The molecule has 86 valence electrons. The Labute approximate surface area is 110 Å². The minimum absolute atomic E-state index is 1.06. The Kier molecular flexibility index (Phi) is 2.14. The quantitative estimate of drug-likeness (QED) is 0.541. The predicted molar refractivity (Wildman–Crippen MR) is 81.1 cm³/mol. The zero-order chi connectivity index (χ0) is 11.9. The molecule has 0 nitrogen and oxygen atoms in total. The number of allylic oxidation sites excluding steroid dienone is 4. The van der Waals surface area contributed by atoms with Crippen LogP contribution in [-0.4, -0.2) is 0 Å². The lowest BCUT2D eigenvalue weighted by atomic mass is 10.0. The van der Waals surface area contributed by atoms with Gasteiger partial charge in [-0.2, -0.15) is 0 Å². The number of fused-ring (bicyclic) bond motifs is 3. The van der Waals surface area contributed by atoms with Crippen molar-refractivity contribution in [2.75, 3.05) is 0 Å². The first-order valence-corrected chi connectivity index (χ1v) is 7.01. The van der Waals surface area contributed by atoms with Crippen LogP contribution < -0.4 is 0 Å². The van der Waals surface area contributed by atoms with Crippen molar-refractivity contribution in [3.63, 3.8) is 0 Å². The van der Waals surface area contributed by atoms with Gasteiger partial charge in [0.1, 0.15) is 0 Å². The zero-order valence-electron chi connectivity index (χ0n) is 9.89. The van der Waals surface area contributed by atoms with Crippen LogP contribution in [0.5, 0.6) is 0 Å². The number of hydrogen-bond donors (Lipinski definition) is 0. The van der Waals surface area contributed by atoms with Crippen molar-refractivity contribution >= 4 is 37.1 Å². The molecule has 1 aliphatic carbocycles. The topological polar surface area (TPSA) is 0 Å². The van der Waals surface area contributed by atoms with E-state index in [0.29, 0.717) is 0 Å². The first kappa shape index (κ1) is 10.1. The molecule has 0 N–H and O–H groups in total. The summed E-state index contributed by atoms with van der Waals surface area (Å²) in [6, 6.07) is 15.5. The fraction of sp³-hybridized carbons (Fsp3) is 0.0588. The van der Waals surface area contributed by atoms with Gasteiger partial charge in [0, 0.05) is 20.2 Å². The van der Waals surface area contributed by atoms with Gasteiger partial charge in [-0.3, -0.25) is 0 Å². The Bertz CT molecular complexity index is 803. The summed E-state index contributed by atoms with van der Waals surface area (Å²) in [7, 11) is 0. The lowest BCUT2D eigenvalue weighted by Crippen LogP contribution is -1.79. The van der Waals surface area contributed by atoms with Gasteiger partial charge in [0.15, 0.2) is 0 Å². The van der Waals surface area contributed by atoms with Crippen molar-refractivity contribution in [1.82, 2.24) is 0 Å². The van der Waals surface area contributed by atoms with E-state index in [1.807, 2.05) is 11.3 Å². The Balaban J connectivity index is 2.01. The van der Waals surface area contributed by atoms with Crippen LogP contribution in [0.2, 0.25) is 0 Å². The van der Waals surface area contributed by atoms with Crippen LogP contribution in [0.15, 0.2) is 60.7 Å². The molecule has 0 aliphatic heterocycles. The van der Waals surface area contributed by atoms with E-state index in [0.717, 1.165) is 6.42 Å². The second-order valence-electron chi connectivity index (χ2n) is 4.63. The van der Waals surface area contributed by atoms with Crippen LogP contribution in [0.4, 0.5) is 0 Å². The van der Waals surface area contributed by atoms with E-state index in [9.17, 15) is 0 Å². The molecule has 0 unspecified atom stereocenters. The first-order chi connectivity index (χ1) is 8.92. The summed E-state index contributed by atoms with van der Waals surface area (Å²) in [6.45, 7) is 0. The van der Waals surface area contributed by atoms with E-state index in [1.54, 1.807) is 0 Å². The molecule has 2 aromatic carbocycles. The molecule has 0 atom stereocenters. The highest BCUT2D eigenvalue weighted by molar-refractivity contribution is 7.25. The highest BCUT2D eigenvalue weighted by Crippen LogP contribution is 2.36. The summed E-state index contributed by atoms with van der Waals surface area (Å²) >= 11 is 1.88. The molecule has 0 fully saturated rings. The van der Waals surface area contributed by atoms with Crippen molar-refractivity contribution in [3.05, 3.63) is 66.3 Å². The van der Waals surface area contributed by atoms with Crippen molar-refractivity contribution in [1.29, 1.82) is 0 Å². The molecule has 1 heterocycles. The molecule has 1 aromatic heterocycles. The van der Waals surface area contributed by atoms with Crippen molar-refractivity contribution < 1.29 is 0 Å². The van der Waals surface area contributed by atoms with E-state index < -0.39 is 0 Å². The molecule has 1 aliphatic rings. The molecular formula is C17H12S. The van der Waals surface area contributed by atoms with Crippen LogP contribution >= 0.6 is 11.3 Å². The maximum Gasteiger partial charge on any atom is 0.0355 e. The maximum atomic E-state index is 2.34. The normalized spacial score (nSPS) is 14.6. The van der Waals surface area contributed by atoms with Crippen LogP contribution in [0.3, 0.4) is 0 Å². The summed E-state index contributed by atoms with van der Waals surface area (Å²) < 4.78 is 2.76. The lowest BCUT2D eigenvalue weighted by Gasteiger charge is -2.02. The minimum Gasteiger partial charge on any atom is -0.135 e. The SMILES string of the molecule is C1=CCC(c2ccc3sc4ccccc4c3c2)=C1. The van der Waals surface area contributed by atoms with Crippen LogP contribution in [-0.2, 0) is 0 Å². The monoisotopic (exact) mass is 248 g/mol. The molecule has 0 amide bonds. The Hall–Kier alpha value is -1.86. The van der Waals surface area contributed by atoms with Crippen molar-refractivity contribution in [2.45, 2.75) is 6.42 Å². The molecule has 3 aromatic rings. The summed E-state index contributed by atoms with van der Waals surface area (Å²) in [5.74, 6) is 0. The summed E-state index contributed by atoms with van der Waals surface area (Å²) in [4.78, 5) is 0. The molecule has 1 heteroatoms. The number of thiophene rings is 1. The molecule has 4 rings (SSSR count). The Morgan fingerprint density at radius 3 is 2.67 bits per heavy atom. The van der Waals surface area contributed by atoms with Crippen molar-refractivity contribution in [3.8, 4) is 0 Å². The predicted octanol–water partition coefficient (Wildman–Crippen LogP) is 5.40. The third kappa shape index (κ3) is 1.44. The second kappa shape index (κ2) is 3.82. The van der Waals surface area contributed by atoms with Gasteiger partial charge in [0.2, 0.25) is 0 Å². The highest BCUT2D eigenvalue weighted by Gasteiger charge is 2.08. The third-order valence-corrected chi connectivity index (χ3v) is 4.67. The standard InChI is InChI=1S/C17H12S/c1-2-6-12(5-1)13-9-10-17-15(11-13)14-7-3-4-8-16(14)18-17/h1-5,7-11H,6H2. The third-order valence-electron chi connectivity index (χ3n) is 3.52. The van der Waals surface area contributed by atoms with Crippen LogP contribution in [0.25, 0.3) is 25.7 Å². The Morgan fingerprint density at radius 2 is 1.78 bits per heavy atom. The maximum absolute atomic E-state index is 2.34. The molecule has 0 bridgehead atoms. The molecule has 0 spiro atoms. The molecular weight excluding hydrogens is 236 g/mol. The van der Waals surface area contributed by atoms with Gasteiger partial charge in [-0.1, -0.05) is 42.5 Å². The van der Waals surface area contributed by atoms with Gasteiger partial charge in [-0.25, -0.2) is 0 Å². The zero-order valence-corrected chi connectivity index (χ0v) is 10.7. The fourth-order valence-corrected chi connectivity index (χ4v) is 3.67. The first-order valence-electron chi connectivity index (χ1n) is 6.19. The van der Waals surface area contributed by atoms with Crippen molar-refractivity contribution in [2.24, 2.45) is 0 Å². The average molecular weight is 248 g/mol. The summed E-state index contributed by atoms with van der Waals surface area (Å²) in [5, 5.41) is 2.77. The molecule has 0 radical (unpaired) electrons. The van der Waals surface area contributed by atoms with Crippen LogP contribution in [0.1, 0.15) is 12.0 Å². The van der Waals surface area contributed by atoms with E-state index in [1.165, 1.54) is 31.3 Å². The highest BCUT2D eigenvalue weighted by atomic mass is 32.1. The lowest BCUT2D eigenvalue weighted by molar-refractivity contribution is 1.44. The summed E-state index contributed by atoms with van der Waals surface area (Å²) in [6.07, 6.45) is 7.64. The molecule has 18 heavy (non-hydrogen) atoms. The molecule has 0 saturated heterocycles.